The third kappa shape index (κ3) is 4.84. The van der Waals surface area contributed by atoms with Gasteiger partial charge in [-0.3, -0.25) is 4.90 Å². The Morgan fingerprint density at radius 2 is 1.35 bits per heavy atom. The van der Waals surface area contributed by atoms with Crippen LogP contribution in [0.3, 0.4) is 0 Å². The summed E-state index contributed by atoms with van der Waals surface area (Å²) in [4.78, 5) is 2.61. The summed E-state index contributed by atoms with van der Waals surface area (Å²) >= 11 is 2.68. The van der Waals surface area contributed by atoms with Crippen LogP contribution < -0.4 is 24.0 Å². The van der Waals surface area contributed by atoms with Crippen molar-refractivity contribution in [3.8, 4) is 0 Å². The van der Waals surface area contributed by atoms with E-state index in [0.29, 0.717) is 24.2 Å². The molecule has 1 rings (SSSR count). The van der Waals surface area contributed by atoms with E-state index in [0.717, 1.165) is 0 Å². The molecule has 0 aromatic heterocycles. The molecule has 2 nitrogen and oxygen atoms in total. The largest absolute Gasteiger partial charge is 1.00 e. The topological polar surface area (TPSA) is 6.25 Å². The zero-order chi connectivity index (χ0) is 14.9. The first kappa shape index (κ1) is 21.7. The van der Waals surface area contributed by atoms with Crippen molar-refractivity contribution in [1.82, 2.24) is 4.90 Å². The van der Waals surface area contributed by atoms with Crippen molar-refractivity contribution in [2.75, 3.05) is 0 Å². The summed E-state index contributed by atoms with van der Waals surface area (Å²) in [5.41, 5.74) is -0.110. The zero-order valence-electron chi connectivity index (χ0n) is 13.9. The molecule has 0 N–H and O–H groups in total. The van der Waals surface area contributed by atoms with Crippen LogP contribution >= 0.6 is 35.8 Å². The van der Waals surface area contributed by atoms with Gasteiger partial charge < -0.3 is 24.0 Å². The van der Waals surface area contributed by atoms with Crippen molar-refractivity contribution in [2.45, 2.75) is 79.6 Å². The Morgan fingerprint density at radius 3 is 1.60 bits per heavy atom. The Morgan fingerprint density at radius 1 is 0.950 bits per heavy atom. The van der Waals surface area contributed by atoms with E-state index >= 15 is 0 Å². The van der Waals surface area contributed by atoms with Crippen molar-refractivity contribution in [2.24, 2.45) is 0 Å². The van der Waals surface area contributed by atoms with E-state index in [-0.39, 0.29) is 29.5 Å². The maximum absolute atomic E-state index is 2.68. The van der Waals surface area contributed by atoms with E-state index in [1.165, 1.54) is 8.20 Å². The summed E-state index contributed by atoms with van der Waals surface area (Å²) in [6.45, 7) is 18.5. The van der Waals surface area contributed by atoms with Crippen LogP contribution in [0, 0.1) is 0 Å². The first-order chi connectivity index (χ1) is 8.68. The summed E-state index contributed by atoms with van der Waals surface area (Å²) in [7, 11) is 1.47. The van der Waals surface area contributed by atoms with E-state index in [1.54, 1.807) is 10.4 Å². The molecule has 0 aromatic rings. The minimum atomic E-state index is -0.110. The van der Waals surface area contributed by atoms with Crippen molar-refractivity contribution < 1.29 is 28.6 Å². The van der Waals surface area contributed by atoms with Crippen molar-refractivity contribution in [3.05, 3.63) is 0 Å². The first-order valence-electron chi connectivity index (χ1n) is 7.16. The molecule has 0 aliphatic carbocycles. The maximum atomic E-state index is 2.68. The fourth-order valence-corrected chi connectivity index (χ4v) is 10.1. The minimum Gasteiger partial charge on any atom is -1.00 e. The molecule has 0 amide bonds. The summed E-state index contributed by atoms with van der Waals surface area (Å²) in [6, 6.07) is 2.43. The summed E-state index contributed by atoms with van der Waals surface area (Å²) in [5, 5.41) is 3.31. The second kappa shape index (κ2) is 9.10. The first-order valence-corrected chi connectivity index (χ1v) is 12.2. The molecular weight excluding hydrogens is 512 g/mol. The van der Waals surface area contributed by atoms with Crippen LogP contribution in [0.25, 0.3) is 0 Å². The third-order valence-electron chi connectivity index (χ3n) is 3.24. The van der Waals surface area contributed by atoms with E-state index < -0.39 is 0 Å². The molecule has 20 heavy (non-hydrogen) atoms. The van der Waals surface area contributed by atoms with Crippen molar-refractivity contribution >= 4 is 46.2 Å². The lowest BCUT2D eigenvalue weighted by Crippen LogP contribution is -3.00. The number of rotatable bonds is 5. The predicted molar refractivity (Wildman–Crippen MR) is 101 cm³/mol. The number of halogens is 2. The molecule has 6 heteroatoms. The molecule has 0 spiro atoms. The van der Waals surface area contributed by atoms with Gasteiger partial charge in [0.1, 0.15) is 17.6 Å². The quantitative estimate of drug-likeness (QED) is 0.295. The Kier molecular flexibility index (Phi) is 9.87. The molecule has 0 fully saturated rings. The van der Waals surface area contributed by atoms with Crippen LogP contribution in [-0.2, 0) is 0 Å². The minimum absolute atomic E-state index is 0. The Balaban J connectivity index is 0.00000361. The number of hydrogen-bond acceptors (Lipinski definition) is 1. The summed E-state index contributed by atoms with van der Waals surface area (Å²) in [5.74, 6) is 0. The fraction of sp³-hybridized carbons (Fsp3) is 0.857. The fourth-order valence-electron chi connectivity index (χ4n) is 2.66. The number of hydrogen-bond donors (Lipinski definition) is 0. The van der Waals surface area contributed by atoms with Gasteiger partial charge in [-0.15, -0.1) is 0 Å². The van der Waals surface area contributed by atoms with Crippen molar-refractivity contribution in [3.63, 3.8) is 0 Å². The molecule has 1 unspecified atom stereocenters. The van der Waals surface area contributed by atoms with Crippen LogP contribution in [0.5, 0.6) is 0 Å². The molecule has 0 aromatic carbocycles. The molecule has 0 saturated heterocycles. The summed E-state index contributed by atoms with van der Waals surface area (Å²) in [6.07, 6.45) is 0. The van der Waals surface area contributed by atoms with E-state index in [9.17, 15) is 0 Å². The highest BCUT2D eigenvalue weighted by molar-refractivity contribution is 14.2. The molecule has 0 radical (unpaired) electrons. The highest BCUT2D eigenvalue weighted by Crippen LogP contribution is 2.63. The van der Waals surface area contributed by atoms with Gasteiger partial charge in [0.05, 0.1) is 5.16 Å². The van der Waals surface area contributed by atoms with Gasteiger partial charge in [-0.2, -0.15) is 0 Å². The molecule has 1 aliphatic heterocycles. The van der Waals surface area contributed by atoms with Crippen LogP contribution in [-0.4, -0.2) is 44.0 Å². The van der Waals surface area contributed by atoms with Crippen molar-refractivity contribution in [1.29, 1.82) is 0 Å². The molecule has 1 atom stereocenters. The van der Waals surface area contributed by atoms with E-state index in [1.807, 2.05) is 0 Å². The van der Waals surface area contributed by atoms with Gasteiger partial charge in [-0.25, -0.2) is 4.58 Å². The average Bonchev–Trinajstić information content (AvgIpc) is 2.24. The van der Waals surface area contributed by atoms with Gasteiger partial charge in [0.25, 0.3) is 0 Å². The molecule has 0 bridgehead atoms. The van der Waals surface area contributed by atoms with Gasteiger partial charge in [-0.05, 0) is 77.4 Å². The average molecular weight is 540 g/mol. The molecular formula is C14H28I2N2P2. The Bertz CT molecular complexity index is 373. The second-order valence-corrected chi connectivity index (χ2v) is 12.3. The van der Waals surface area contributed by atoms with Crippen LogP contribution in [0.4, 0.5) is 0 Å². The molecule has 1 aliphatic rings. The molecule has 0 saturated carbocycles. The lowest BCUT2D eigenvalue weighted by molar-refractivity contribution is -0.583. The molecule has 1 heterocycles. The lowest BCUT2D eigenvalue weighted by atomic mass is 10.2. The highest BCUT2D eigenvalue weighted by atomic mass is 127. The van der Waals surface area contributed by atoms with Gasteiger partial charge in [0, 0.05) is 20.3 Å². The second-order valence-electron chi connectivity index (χ2n) is 6.18. The van der Waals surface area contributed by atoms with Gasteiger partial charge in [-0.1, -0.05) is 0 Å². The smallest absolute Gasteiger partial charge is 0.239 e. The number of nitrogens with zero attached hydrogens (tertiary/aromatic N) is 2. The monoisotopic (exact) mass is 540 g/mol. The summed E-state index contributed by atoms with van der Waals surface area (Å²) < 4.78 is 2.61. The molecule has 118 valence electrons. The predicted octanol–water partition coefficient (Wildman–Crippen LogP) is 2.17. The SMILES string of the molecule is CC(C)N(C1=PC(=[N+](C(C)C)C(C)C)P1I)C(C)C.[I-]. The van der Waals surface area contributed by atoms with Gasteiger partial charge >= 0.3 is 0 Å². The third-order valence-corrected chi connectivity index (χ3v) is 12.1. The Hall–Kier alpha value is 1.69. The van der Waals surface area contributed by atoms with Gasteiger partial charge in [0.2, 0.25) is 5.19 Å². The van der Waals surface area contributed by atoms with E-state index in [4.69, 9.17) is 0 Å². The zero-order valence-corrected chi connectivity index (χ0v) is 20.0. The van der Waals surface area contributed by atoms with Crippen LogP contribution in [0.15, 0.2) is 0 Å². The Labute approximate surface area is 158 Å². The van der Waals surface area contributed by atoms with Crippen LogP contribution in [0.1, 0.15) is 55.4 Å². The normalized spacial score (nSPS) is 19.6. The maximum Gasteiger partial charge on any atom is 0.239 e. The lowest BCUT2D eigenvalue weighted by Gasteiger charge is -2.37. The highest BCUT2D eigenvalue weighted by Gasteiger charge is 2.41. The van der Waals surface area contributed by atoms with Crippen LogP contribution in [0.2, 0.25) is 0 Å². The standard InChI is InChI=1S/C14H28IN2P2.HI/c1-9(2)16(10(3)4)13-18-14(19(13)15)17(11(5)6)12(7)8;/h9-12H,1-8H3;1H/q+1;/p-1. The van der Waals surface area contributed by atoms with Gasteiger partial charge in [0.15, 0.2) is 0 Å². The van der Waals surface area contributed by atoms with E-state index in [2.05, 4.69) is 86.9 Å².